The third kappa shape index (κ3) is 3.41. The van der Waals surface area contributed by atoms with Crippen molar-refractivity contribution in [3.63, 3.8) is 0 Å². The number of rotatable bonds is 4. The molecule has 0 spiro atoms. The Bertz CT molecular complexity index is 1220. The number of hydrogen-bond donors (Lipinski definition) is 1. The van der Waals surface area contributed by atoms with E-state index in [-0.39, 0.29) is 24.0 Å². The van der Waals surface area contributed by atoms with E-state index in [1.807, 2.05) is 19.1 Å². The maximum Gasteiger partial charge on any atom is 0.296 e. The molecule has 7 heteroatoms. The van der Waals surface area contributed by atoms with E-state index in [0.717, 1.165) is 23.3 Å². The molecular weight excluding hydrogens is 406 g/mol. The number of aromatic nitrogens is 2. The van der Waals surface area contributed by atoms with Crippen molar-refractivity contribution in [1.29, 1.82) is 0 Å². The van der Waals surface area contributed by atoms with Crippen molar-refractivity contribution < 1.29 is 19.4 Å². The van der Waals surface area contributed by atoms with Crippen molar-refractivity contribution in [2.45, 2.75) is 32.0 Å². The van der Waals surface area contributed by atoms with Crippen molar-refractivity contribution in [3.05, 3.63) is 95.1 Å². The monoisotopic (exact) mass is 427 g/mol. The van der Waals surface area contributed by atoms with Gasteiger partial charge in [-0.1, -0.05) is 12.1 Å². The minimum absolute atomic E-state index is 0.0319. The summed E-state index contributed by atoms with van der Waals surface area (Å²) in [7, 11) is 0. The molecule has 3 aromatic rings. The molecule has 32 heavy (non-hydrogen) atoms. The number of carbonyl (C=O) groups excluding carboxylic acids is 2. The van der Waals surface area contributed by atoms with Crippen molar-refractivity contribution >= 4 is 17.4 Å². The van der Waals surface area contributed by atoms with Crippen LogP contribution in [0.1, 0.15) is 35.3 Å². The topological polar surface area (TPSA) is 92.6 Å². The van der Waals surface area contributed by atoms with Gasteiger partial charge >= 0.3 is 0 Å². The molecule has 0 bridgehead atoms. The summed E-state index contributed by atoms with van der Waals surface area (Å²) in [5.74, 6) is -0.848. The highest BCUT2D eigenvalue weighted by atomic mass is 16.5. The van der Waals surface area contributed by atoms with E-state index in [1.165, 1.54) is 4.90 Å². The number of ketones is 1. The van der Waals surface area contributed by atoms with Gasteiger partial charge in [-0.05, 0) is 54.4 Å². The zero-order valence-corrected chi connectivity index (χ0v) is 17.4. The van der Waals surface area contributed by atoms with Crippen LogP contribution in [-0.4, -0.2) is 37.8 Å². The average molecular weight is 427 g/mol. The highest BCUT2D eigenvalue weighted by molar-refractivity contribution is 6.46. The van der Waals surface area contributed by atoms with Crippen LogP contribution in [0.3, 0.4) is 0 Å². The number of Topliss-reactive ketones (excluding diaryl/α,β-unsaturated/α-hetero) is 1. The van der Waals surface area contributed by atoms with Crippen molar-refractivity contribution in [3.8, 4) is 5.75 Å². The van der Waals surface area contributed by atoms with Gasteiger partial charge in [-0.2, -0.15) is 0 Å². The molecule has 2 unspecified atom stereocenters. The molecule has 1 fully saturated rings. The quantitative estimate of drug-likeness (QED) is 0.390. The Balaban J connectivity index is 1.62. The summed E-state index contributed by atoms with van der Waals surface area (Å²) < 4.78 is 5.74. The van der Waals surface area contributed by atoms with Gasteiger partial charge in [-0.25, -0.2) is 0 Å². The summed E-state index contributed by atoms with van der Waals surface area (Å²) in [5.41, 5.74) is 2.75. The highest BCUT2D eigenvalue weighted by Crippen LogP contribution is 2.40. The van der Waals surface area contributed by atoms with Crippen LogP contribution in [0.25, 0.3) is 5.76 Å². The van der Waals surface area contributed by atoms with Crippen LogP contribution >= 0.6 is 0 Å². The predicted molar refractivity (Wildman–Crippen MR) is 117 cm³/mol. The fraction of sp³-hybridized carbons (Fsp3) is 0.200. The predicted octanol–water partition coefficient (Wildman–Crippen LogP) is 3.42. The molecule has 160 valence electrons. The number of fused-ring (bicyclic) bond motifs is 1. The van der Waals surface area contributed by atoms with Crippen LogP contribution in [0.5, 0.6) is 5.75 Å². The Labute approximate surface area is 185 Å². The fourth-order valence-electron chi connectivity index (χ4n) is 4.30. The number of ether oxygens (including phenoxy) is 1. The minimum Gasteiger partial charge on any atom is -0.507 e. The number of pyridine rings is 2. The second-order valence-corrected chi connectivity index (χ2v) is 8.00. The van der Waals surface area contributed by atoms with Gasteiger partial charge in [0, 0.05) is 37.1 Å². The van der Waals surface area contributed by atoms with Gasteiger partial charge in [0.1, 0.15) is 23.7 Å². The van der Waals surface area contributed by atoms with E-state index >= 15 is 0 Å². The van der Waals surface area contributed by atoms with Crippen LogP contribution < -0.4 is 4.74 Å². The van der Waals surface area contributed by atoms with E-state index in [0.29, 0.717) is 11.3 Å². The number of nitrogens with zero attached hydrogens (tertiary/aromatic N) is 3. The molecular formula is C25H21N3O4. The van der Waals surface area contributed by atoms with Crippen LogP contribution in [0, 0.1) is 0 Å². The summed E-state index contributed by atoms with van der Waals surface area (Å²) in [6, 6.07) is 13.4. The summed E-state index contributed by atoms with van der Waals surface area (Å²) >= 11 is 0. The molecule has 1 saturated heterocycles. The summed E-state index contributed by atoms with van der Waals surface area (Å²) in [4.78, 5) is 36.1. The van der Waals surface area contributed by atoms with E-state index in [9.17, 15) is 14.7 Å². The first-order valence-electron chi connectivity index (χ1n) is 10.4. The number of likely N-dealkylation sites (tertiary alicyclic amines) is 1. The summed E-state index contributed by atoms with van der Waals surface area (Å²) in [5, 5.41) is 11.2. The number of hydrogen-bond acceptors (Lipinski definition) is 6. The zero-order valence-electron chi connectivity index (χ0n) is 17.4. The molecule has 7 nitrogen and oxygen atoms in total. The van der Waals surface area contributed by atoms with Crippen LogP contribution in [-0.2, 0) is 22.6 Å². The lowest BCUT2D eigenvalue weighted by molar-refractivity contribution is -0.140. The van der Waals surface area contributed by atoms with E-state index in [2.05, 4.69) is 9.97 Å². The Morgan fingerprint density at radius 2 is 2.03 bits per heavy atom. The Hall–Kier alpha value is -4.00. The van der Waals surface area contributed by atoms with Crippen LogP contribution in [0.15, 0.2) is 72.7 Å². The Morgan fingerprint density at radius 1 is 1.16 bits per heavy atom. The van der Waals surface area contributed by atoms with E-state index < -0.39 is 17.7 Å². The SMILES string of the molecule is CC1Cc2cc(/C(O)=C3/C(=O)C(=O)N(Cc4cccnc4)C3c3ccccn3)ccc2O1. The number of aliphatic hydroxyl groups is 1. The van der Waals surface area contributed by atoms with Gasteiger partial charge in [0.05, 0.1) is 11.3 Å². The first-order valence-corrected chi connectivity index (χ1v) is 10.4. The second-order valence-electron chi connectivity index (χ2n) is 8.00. The molecule has 2 aliphatic heterocycles. The number of amides is 1. The lowest BCUT2D eigenvalue weighted by Gasteiger charge is -2.24. The van der Waals surface area contributed by atoms with Crippen molar-refractivity contribution in [1.82, 2.24) is 14.9 Å². The standard InChI is InChI=1S/C25H21N3O4/c1-15-11-18-12-17(7-8-20(18)32-15)23(29)21-22(19-6-2-3-10-27-19)28(25(31)24(21)30)14-16-5-4-9-26-13-16/h2-10,12-13,15,22,29H,11,14H2,1H3/b23-21-. The van der Waals surface area contributed by atoms with Gasteiger partial charge in [0.25, 0.3) is 11.7 Å². The van der Waals surface area contributed by atoms with Gasteiger partial charge < -0.3 is 14.7 Å². The first-order chi connectivity index (χ1) is 15.5. The Kier molecular flexibility index (Phi) is 4.93. The highest BCUT2D eigenvalue weighted by Gasteiger charge is 2.46. The first kappa shape index (κ1) is 19.9. The van der Waals surface area contributed by atoms with Gasteiger partial charge in [0.15, 0.2) is 0 Å². The fourth-order valence-corrected chi connectivity index (χ4v) is 4.30. The van der Waals surface area contributed by atoms with E-state index in [1.54, 1.807) is 55.0 Å². The zero-order chi connectivity index (χ0) is 22.2. The average Bonchev–Trinajstić information content (AvgIpc) is 3.31. The maximum atomic E-state index is 13.1. The van der Waals surface area contributed by atoms with Crippen molar-refractivity contribution in [2.24, 2.45) is 0 Å². The van der Waals surface area contributed by atoms with Gasteiger partial charge in [-0.3, -0.25) is 19.6 Å². The molecule has 0 saturated carbocycles. The Morgan fingerprint density at radius 3 is 2.78 bits per heavy atom. The summed E-state index contributed by atoms with van der Waals surface area (Å²) in [6.07, 6.45) is 5.67. The molecule has 0 aliphatic carbocycles. The molecule has 0 radical (unpaired) electrons. The number of carbonyl (C=O) groups is 2. The molecule has 1 amide bonds. The molecule has 1 N–H and O–H groups in total. The largest absolute Gasteiger partial charge is 0.507 e. The minimum atomic E-state index is -0.806. The molecule has 2 aliphatic rings. The lowest BCUT2D eigenvalue weighted by atomic mass is 9.97. The molecule has 5 rings (SSSR count). The number of benzene rings is 1. The summed E-state index contributed by atoms with van der Waals surface area (Å²) in [6.45, 7) is 2.15. The van der Waals surface area contributed by atoms with Gasteiger partial charge in [0.2, 0.25) is 0 Å². The molecule has 2 atom stereocenters. The number of aliphatic hydroxyl groups excluding tert-OH is 1. The van der Waals surface area contributed by atoms with Crippen molar-refractivity contribution in [2.75, 3.05) is 0 Å². The third-order valence-corrected chi connectivity index (χ3v) is 5.75. The van der Waals surface area contributed by atoms with E-state index in [4.69, 9.17) is 4.74 Å². The second kappa shape index (κ2) is 7.92. The lowest BCUT2D eigenvalue weighted by Crippen LogP contribution is -2.29. The third-order valence-electron chi connectivity index (χ3n) is 5.75. The molecule has 1 aromatic carbocycles. The van der Waals surface area contributed by atoms with Crippen LogP contribution in [0.4, 0.5) is 0 Å². The molecule has 4 heterocycles. The smallest absolute Gasteiger partial charge is 0.296 e. The molecule has 2 aromatic heterocycles. The normalized spacial score (nSPS) is 21.5. The van der Waals surface area contributed by atoms with Crippen LogP contribution in [0.2, 0.25) is 0 Å². The maximum absolute atomic E-state index is 13.1. The van der Waals surface area contributed by atoms with Gasteiger partial charge in [-0.15, -0.1) is 0 Å².